The Morgan fingerprint density at radius 2 is 1.56 bits per heavy atom. The van der Waals surface area contributed by atoms with Gasteiger partial charge in [-0.15, -0.1) is 0 Å². The van der Waals surface area contributed by atoms with Crippen molar-refractivity contribution < 1.29 is 0 Å². The van der Waals surface area contributed by atoms with E-state index in [1.165, 1.54) is 5.56 Å². The topological polar surface area (TPSA) is 26.0 Å². The predicted octanol–water partition coefficient (Wildman–Crippen LogP) is 4.03. The molecule has 0 fully saturated rings. The van der Waals surface area contributed by atoms with Crippen LogP contribution in [0.25, 0.3) is 6.08 Å². The molecule has 0 aliphatic heterocycles. The molecule has 2 rings (SSSR count). The van der Waals surface area contributed by atoms with Crippen LogP contribution < -0.4 is 5.73 Å². The van der Waals surface area contributed by atoms with Crippen LogP contribution in [0.1, 0.15) is 5.56 Å². The summed E-state index contributed by atoms with van der Waals surface area (Å²) in [5, 5.41) is 2.06. The Hall–Kier alpha value is -1.67. The first kappa shape index (κ1) is 10.8. The van der Waals surface area contributed by atoms with Gasteiger partial charge in [-0.2, -0.15) is 0 Å². The number of nitrogens with two attached hydrogens (primary N) is 1. The minimum Gasteiger partial charge on any atom is -0.398 e. The van der Waals surface area contributed by atoms with Crippen LogP contribution in [0.3, 0.4) is 0 Å². The molecule has 2 N–H and O–H groups in total. The standard InChI is InChI=1S/C14H13NS/c15-13-8-4-5-9-14(13)16-11-10-12-6-2-1-3-7-12/h1-11H,15H2/b11-10+. The SMILES string of the molecule is Nc1ccccc1S/C=C/c1ccccc1. The maximum atomic E-state index is 5.85. The second kappa shape index (κ2) is 5.42. The average molecular weight is 227 g/mol. The zero-order valence-corrected chi connectivity index (χ0v) is 9.65. The lowest BCUT2D eigenvalue weighted by molar-refractivity contribution is 1.47. The number of para-hydroxylation sites is 1. The molecular weight excluding hydrogens is 214 g/mol. The molecule has 0 radical (unpaired) electrons. The molecule has 0 bridgehead atoms. The van der Waals surface area contributed by atoms with Crippen molar-refractivity contribution in [3.05, 3.63) is 65.6 Å². The summed E-state index contributed by atoms with van der Waals surface area (Å²) in [7, 11) is 0. The minimum atomic E-state index is 0.824. The molecule has 0 amide bonds. The fourth-order valence-electron chi connectivity index (χ4n) is 1.34. The molecule has 0 aromatic heterocycles. The van der Waals surface area contributed by atoms with E-state index in [-0.39, 0.29) is 0 Å². The number of benzene rings is 2. The van der Waals surface area contributed by atoms with Crippen molar-refractivity contribution in [3.8, 4) is 0 Å². The molecule has 2 aromatic rings. The lowest BCUT2D eigenvalue weighted by atomic mass is 10.2. The first-order chi connectivity index (χ1) is 7.86. The largest absolute Gasteiger partial charge is 0.398 e. The molecule has 0 aliphatic rings. The fourth-order valence-corrected chi connectivity index (χ4v) is 2.07. The lowest BCUT2D eigenvalue weighted by Crippen LogP contribution is -1.85. The molecule has 2 heteroatoms. The third-order valence-electron chi connectivity index (χ3n) is 2.17. The number of hydrogen-bond acceptors (Lipinski definition) is 2. The van der Waals surface area contributed by atoms with Gasteiger partial charge in [-0.1, -0.05) is 54.2 Å². The van der Waals surface area contributed by atoms with Crippen molar-refractivity contribution in [1.82, 2.24) is 0 Å². The Kier molecular flexibility index (Phi) is 3.67. The van der Waals surface area contributed by atoms with Crippen LogP contribution >= 0.6 is 11.8 Å². The van der Waals surface area contributed by atoms with Gasteiger partial charge in [0.15, 0.2) is 0 Å². The van der Waals surface area contributed by atoms with E-state index in [4.69, 9.17) is 5.73 Å². The zero-order chi connectivity index (χ0) is 11.2. The van der Waals surface area contributed by atoms with Crippen molar-refractivity contribution in [1.29, 1.82) is 0 Å². The number of nitrogen functional groups attached to an aromatic ring is 1. The predicted molar refractivity (Wildman–Crippen MR) is 72.2 cm³/mol. The van der Waals surface area contributed by atoms with Crippen LogP contribution in [-0.4, -0.2) is 0 Å². The molecule has 0 atom stereocenters. The van der Waals surface area contributed by atoms with Crippen molar-refractivity contribution in [2.75, 3.05) is 5.73 Å². The van der Waals surface area contributed by atoms with Gasteiger partial charge in [-0.3, -0.25) is 0 Å². The summed E-state index contributed by atoms with van der Waals surface area (Å²) in [5.41, 5.74) is 7.87. The number of anilines is 1. The summed E-state index contributed by atoms with van der Waals surface area (Å²) in [6.07, 6.45) is 2.08. The van der Waals surface area contributed by atoms with Crippen molar-refractivity contribution in [2.45, 2.75) is 4.90 Å². The molecule has 0 saturated carbocycles. The van der Waals surface area contributed by atoms with E-state index in [1.54, 1.807) is 11.8 Å². The van der Waals surface area contributed by atoms with E-state index in [0.717, 1.165) is 10.6 Å². The second-order valence-corrected chi connectivity index (χ2v) is 4.32. The Balaban J connectivity index is 2.03. The van der Waals surface area contributed by atoms with Crippen LogP contribution in [-0.2, 0) is 0 Å². The molecule has 0 spiro atoms. The highest BCUT2D eigenvalue weighted by atomic mass is 32.2. The lowest BCUT2D eigenvalue weighted by Gasteiger charge is -2.00. The van der Waals surface area contributed by atoms with Gasteiger partial charge < -0.3 is 5.73 Å². The smallest absolute Gasteiger partial charge is 0.0455 e. The molecule has 16 heavy (non-hydrogen) atoms. The highest BCUT2D eigenvalue weighted by Crippen LogP contribution is 2.25. The van der Waals surface area contributed by atoms with Crippen LogP contribution in [0.15, 0.2) is 64.9 Å². The summed E-state index contributed by atoms with van der Waals surface area (Å²) in [6, 6.07) is 18.1. The Morgan fingerprint density at radius 1 is 0.875 bits per heavy atom. The number of rotatable bonds is 3. The van der Waals surface area contributed by atoms with Gasteiger partial charge in [-0.25, -0.2) is 0 Å². The van der Waals surface area contributed by atoms with Crippen molar-refractivity contribution in [3.63, 3.8) is 0 Å². The van der Waals surface area contributed by atoms with Gasteiger partial charge in [0, 0.05) is 10.6 Å². The van der Waals surface area contributed by atoms with Gasteiger partial charge in [0.05, 0.1) is 0 Å². The van der Waals surface area contributed by atoms with Crippen LogP contribution in [0.5, 0.6) is 0 Å². The van der Waals surface area contributed by atoms with E-state index < -0.39 is 0 Å². The molecule has 0 heterocycles. The maximum absolute atomic E-state index is 5.85. The van der Waals surface area contributed by atoms with E-state index >= 15 is 0 Å². The van der Waals surface area contributed by atoms with E-state index in [9.17, 15) is 0 Å². The Bertz CT molecular complexity index is 477. The molecule has 0 aliphatic carbocycles. The third kappa shape index (κ3) is 2.91. The normalized spacial score (nSPS) is 10.8. The number of hydrogen-bond donors (Lipinski definition) is 1. The molecule has 80 valence electrons. The highest BCUT2D eigenvalue weighted by Gasteiger charge is 1.94. The minimum absolute atomic E-state index is 0.824. The molecular formula is C14H13NS. The highest BCUT2D eigenvalue weighted by molar-refractivity contribution is 8.02. The summed E-state index contributed by atoms with van der Waals surface area (Å²) in [4.78, 5) is 1.09. The molecule has 1 nitrogen and oxygen atoms in total. The van der Waals surface area contributed by atoms with Crippen molar-refractivity contribution >= 4 is 23.5 Å². The Morgan fingerprint density at radius 3 is 2.31 bits per heavy atom. The number of thioether (sulfide) groups is 1. The molecule has 0 saturated heterocycles. The van der Waals surface area contributed by atoms with E-state index in [0.29, 0.717) is 0 Å². The van der Waals surface area contributed by atoms with Crippen molar-refractivity contribution in [2.24, 2.45) is 0 Å². The molecule has 0 unspecified atom stereocenters. The first-order valence-electron chi connectivity index (χ1n) is 5.09. The van der Waals surface area contributed by atoms with E-state index in [2.05, 4.69) is 23.6 Å². The Labute approximate surface area is 100.0 Å². The van der Waals surface area contributed by atoms with Gasteiger partial charge in [0.2, 0.25) is 0 Å². The van der Waals surface area contributed by atoms with Gasteiger partial charge >= 0.3 is 0 Å². The van der Waals surface area contributed by atoms with Gasteiger partial charge in [0.25, 0.3) is 0 Å². The summed E-state index contributed by atoms with van der Waals surface area (Å²) < 4.78 is 0. The quantitative estimate of drug-likeness (QED) is 0.632. The van der Waals surface area contributed by atoms with Gasteiger partial charge in [-0.05, 0) is 29.2 Å². The summed E-state index contributed by atoms with van der Waals surface area (Å²) in [6.45, 7) is 0. The average Bonchev–Trinajstić information content (AvgIpc) is 2.33. The van der Waals surface area contributed by atoms with E-state index in [1.807, 2.05) is 42.5 Å². The van der Waals surface area contributed by atoms with Gasteiger partial charge in [0.1, 0.15) is 0 Å². The van der Waals surface area contributed by atoms with Crippen LogP contribution in [0, 0.1) is 0 Å². The fraction of sp³-hybridized carbons (Fsp3) is 0. The summed E-state index contributed by atoms with van der Waals surface area (Å²) in [5.74, 6) is 0. The van der Waals surface area contributed by atoms with Crippen LogP contribution in [0.2, 0.25) is 0 Å². The monoisotopic (exact) mass is 227 g/mol. The summed E-state index contributed by atoms with van der Waals surface area (Å²) >= 11 is 1.64. The second-order valence-electron chi connectivity index (χ2n) is 3.37. The maximum Gasteiger partial charge on any atom is 0.0455 e. The molecule has 2 aromatic carbocycles. The first-order valence-corrected chi connectivity index (χ1v) is 5.97. The zero-order valence-electron chi connectivity index (χ0n) is 8.84. The third-order valence-corrected chi connectivity index (χ3v) is 3.07. The van der Waals surface area contributed by atoms with Crippen LogP contribution in [0.4, 0.5) is 5.69 Å².